The van der Waals surface area contributed by atoms with E-state index in [-0.39, 0.29) is 0 Å². The van der Waals surface area contributed by atoms with E-state index in [1.807, 2.05) is 0 Å². The molecule has 0 saturated heterocycles. The smallest absolute Gasteiger partial charge is 0.123 e. The molecule has 1 aliphatic carbocycles. The van der Waals surface area contributed by atoms with Gasteiger partial charge in [-0.05, 0) is 37.4 Å². The molecule has 2 N–H and O–H groups in total. The molecule has 1 aromatic carbocycles. The molecule has 0 radical (unpaired) electrons. The topological polar surface area (TPSA) is 33.3 Å². The van der Waals surface area contributed by atoms with E-state index in [4.69, 9.17) is 4.74 Å². The lowest BCUT2D eigenvalue weighted by atomic mass is 9.93. The van der Waals surface area contributed by atoms with Gasteiger partial charge in [-0.1, -0.05) is 12.1 Å². The second-order valence-corrected chi connectivity index (χ2v) is 4.97. The molecule has 92 valence electrons. The molecule has 17 heavy (non-hydrogen) atoms. The minimum atomic E-state index is 0.399. The standard InChI is InChI=1S/C14H20N2O/c1-17-13-4-2-3-10-7-8-15-12(14(10)13)9-16-11-5-6-11/h2-4,11-12,15-16H,5-9H2,1H3. The van der Waals surface area contributed by atoms with Crippen LogP contribution in [0.1, 0.15) is 30.0 Å². The summed E-state index contributed by atoms with van der Waals surface area (Å²) in [4.78, 5) is 0. The lowest BCUT2D eigenvalue weighted by Crippen LogP contribution is -2.37. The summed E-state index contributed by atoms with van der Waals surface area (Å²) < 4.78 is 5.50. The van der Waals surface area contributed by atoms with Crippen LogP contribution < -0.4 is 15.4 Å². The number of rotatable bonds is 4. The summed E-state index contributed by atoms with van der Waals surface area (Å²) in [5.41, 5.74) is 2.79. The molecule has 1 unspecified atom stereocenters. The summed E-state index contributed by atoms with van der Waals surface area (Å²) in [6.45, 7) is 2.08. The van der Waals surface area contributed by atoms with E-state index in [0.29, 0.717) is 6.04 Å². The molecule has 0 spiro atoms. The molecule has 0 bridgehead atoms. The lowest BCUT2D eigenvalue weighted by molar-refractivity contribution is 0.387. The van der Waals surface area contributed by atoms with E-state index in [0.717, 1.165) is 31.3 Å². The lowest BCUT2D eigenvalue weighted by Gasteiger charge is -2.28. The largest absolute Gasteiger partial charge is 0.496 e. The number of benzene rings is 1. The van der Waals surface area contributed by atoms with Gasteiger partial charge in [0.05, 0.1) is 7.11 Å². The SMILES string of the molecule is COc1cccc2c1C(CNC1CC1)NCC2. The van der Waals surface area contributed by atoms with E-state index < -0.39 is 0 Å². The molecule has 2 aliphatic rings. The molecule has 1 aromatic rings. The zero-order chi connectivity index (χ0) is 11.7. The van der Waals surface area contributed by atoms with Gasteiger partial charge in [-0.15, -0.1) is 0 Å². The minimum Gasteiger partial charge on any atom is -0.496 e. The molecule has 0 aromatic heterocycles. The Bertz CT molecular complexity index is 387. The van der Waals surface area contributed by atoms with E-state index in [1.54, 1.807) is 7.11 Å². The normalized spacial score (nSPS) is 23.2. The summed E-state index contributed by atoms with van der Waals surface area (Å²) in [6.07, 6.45) is 3.78. The highest BCUT2D eigenvalue weighted by molar-refractivity contribution is 5.44. The van der Waals surface area contributed by atoms with Crippen molar-refractivity contribution < 1.29 is 4.74 Å². The summed E-state index contributed by atoms with van der Waals surface area (Å²) >= 11 is 0. The van der Waals surface area contributed by atoms with E-state index >= 15 is 0 Å². The quantitative estimate of drug-likeness (QED) is 0.828. The van der Waals surface area contributed by atoms with Crippen LogP contribution in [0, 0.1) is 0 Å². The Morgan fingerprint density at radius 2 is 2.29 bits per heavy atom. The van der Waals surface area contributed by atoms with Crippen molar-refractivity contribution in [3.63, 3.8) is 0 Å². The van der Waals surface area contributed by atoms with Crippen LogP contribution in [0.25, 0.3) is 0 Å². The maximum Gasteiger partial charge on any atom is 0.123 e. The first-order valence-corrected chi connectivity index (χ1v) is 6.51. The highest BCUT2D eigenvalue weighted by Crippen LogP contribution is 2.32. The molecular formula is C14H20N2O. The zero-order valence-electron chi connectivity index (χ0n) is 10.3. The molecule has 1 fully saturated rings. The highest BCUT2D eigenvalue weighted by atomic mass is 16.5. The number of nitrogens with one attached hydrogen (secondary N) is 2. The van der Waals surface area contributed by atoms with Gasteiger partial charge in [0.25, 0.3) is 0 Å². The van der Waals surface area contributed by atoms with Crippen LogP contribution in [0.5, 0.6) is 5.75 Å². The Balaban J connectivity index is 1.82. The number of ether oxygens (including phenoxy) is 1. The molecular weight excluding hydrogens is 212 g/mol. The van der Waals surface area contributed by atoms with Crippen molar-refractivity contribution in [1.29, 1.82) is 0 Å². The minimum absolute atomic E-state index is 0.399. The highest BCUT2D eigenvalue weighted by Gasteiger charge is 2.26. The van der Waals surface area contributed by atoms with Crippen molar-refractivity contribution in [3.8, 4) is 5.75 Å². The van der Waals surface area contributed by atoms with Gasteiger partial charge in [0.2, 0.25) is 0 Å². The maximum atomic E-state index is 5.50. The monoisotopic (exact) mass is 232 g/mol. The predicted octanol–water partition coefficient (Wildman–Crippen LogP) is 1.63. The third-order valence-electron chi connectivity index (χ3n) is 3.70. The molecule has 1 atom stereocenters. The molecule has 1 aliphatic heterocycles. The summed E-state index contributed by atoms with van der Waals surface area (Å²) in [7, 11) is 1.76. The van der Waals surface area contributed by atoms with E-state index in [2.05, 4.69) is 28.8 Å². The summed E-state index contributed by atoms with van der Waals surface area (Å²) in [5, 5.41) is 7.19. The Morgan fingerprint density at radius 1 is 1.41 bits per heavy atom. The van der Waals surface area contributed by atoms with Gasteiger partial charge in [-0.25, -0.2) is 0 Å². The fourth-order valence-corrected chi connectivity index (χ4v) is 2.61. The fraction of sp³-hybridized carbons (Fsp3) is 0.571. The first kappa shape index (κ1) is 11.1. The van der Waals surface area contributed by atoms with Crippen molar-refractivity contribution in [2.24, 2.45) is 0 Å². The van der Waals surface area contributed by atoms with Crippen LogP contribution in [0.4, 0.5) is 0 Å². The van der Waals surface area contributed by atoms with Crippen LogP contribution in [0.2, 0.25) is 0 Å². The number of hydrogen-bond acceptors (Lipinski definition) is 3. The van der Waals surface area contributed by atoms with Crippen LogP contribution in [-0.2, 0) is 6.42 Å². The average Bonchev–Trinajstić information content (AvgIpc) is 3.19. The van der Waals surface area contributed by atoms with Crippen molar-refractivity contribution in [2.75, 3.05) is 20.2 Å². The van der Waals surface area contributed by atoms with Gasteiger partial charge < -0.3 is 15.4 Å². The van der Waals surface area contributed by atoms with E-state index in [9.17, 15) is 0 Å². The molecule has 0 amide bonds. The maximum absolute atomic E-state index is 5.50. The van der Waals surface area contributed by atoms with Crippen LogP contribution in [0.15, 0.2) is 18.2 Å². The van der Waals surface area contributed by atoms with Gasteiger partial charge in [0.1, 0.15) is 5.75 Å². The molecule has 1 saturated carbocycles. The average molecular weight is 232 g/mol. The first-order valence-electron chi connectivity index (χ1n) is 6.51. The molecule has 3 heteroatoms. The fourth-order valence-electron chi connectivity index (χ4n) is 2.61. The van der Waals surface area contributed by atoms with Crippen molar-refractivity contribution in [3.05, 3.63) is 29.3 Å². The Kier molecular flexibility index (Phi) is 3.04. The number of methoxy groups -OCH3 is 1. The van der Waals surface area contributed by atoms with Crippen molar-refractivity contribution >= 4 is 0 Å². The number of fused-ring (bicyclic) bond motifs is 1. The number of hydrogen-bond donors (Lipinski definition) is 2. The van der Waals surface area contributed by atoms with Gasteiger partial charge in [0.15, 0.2) is 0 Å². The molecule has 3 nitrogen and oxygen atoms in total. The molecule has 3 rings (SSSR count). The Labute approximate surface area is 103 Å². The third kappa shape index (κ3) is 2.31. The van der Waals surface area contributed by atoms with E-state index in [1.165, 1.54) is 24.0 Å². The second-order valence-electron chi connectivity index (χ2n) is 4.97. The Morgan fingerprint density at radius 3 is 3.06 bits per heavy atom. The summed E-state index contributed by atoms with van der Waals surface area (Å²) in [6, 6.07) is 7.54. The molecule has 1 heterocycles. The van der Waals surface area contributed by atoms with Crippen LogP contribution in [0.3, 0.4) is 0 Å². The van der Waals surface area contributed by atoms with Gasteiger partial charge in [-0.3, -0.25) is 0 Å². The van der Waals surface area contributed by atoms with Crippen molar-refractivity contribution in [1.82, 2.24) is 10.6 Å². The van der Waals surface area contributed by atoms with Gasteiger partial charge >= 0.3 is 0 Å². The second kappa shape index (κ2) is 4.67. The van der Waals surface area contributed by atoms with Crippen molar-refractivity contribution in [2.45, 2.75) is 31.3 Å². The zero-order valence-corrected chi connectivity index (χ0v) is 10.3. The third-order valence-corrected chi connectivity index (χ3v) is 3.70. The van der Waals surface area contributed by atoms with Gasteiger partial charge in [-0.2, -0.15) is 0 Å². The Hall–Kier alpha value is -1.06. The van der Waals surface area contributed by atoms with Crippen LogP contribution >= 0.6 is 0 Å². The first-order chi connectivity index (χ1) is 8.38. The van der Waals surface area contributed by atoms with Crippen LogP contribution in [-0.4, -0.2) is 26.2 Å². The summed E-state index contributed by atoms with van der Waals surface area (Å²) in [5.74, 6) is 1.03. The predicted molar refractivity (Wildman–Crippen MR) is 68.5 cm³/mol. The van der Waals surface area contributed by atoms with Gasteiger partial charge in [0, 0.05) is 24.2 Å².